The molecule has 0 spiro atoms. The molecule has 7 heteroatoms. The lowest BCUT2D eigenvalue weighted by molar-refractivity contribution is -0.130. The molecule has 1 aromatic carbocycles. The van der Waals surface area contributed by atoms with Crippen molar-refractivity contribution in [2.45, 2.75) is 43.9 Å². The van der Waals surface area contributed by atoms with Gasteiger partial charge in [-0.25, -0.2) is 0 Å². The number of hydrogen-bond donors (Lipinski definition) is 3. The van der Waals surface area contributed by atoms with Crippen molar-refractivity contribution in [2.24, 2.45) is 0 Å². The van der Waals surface area contributed by atoms with Crippen LogP contribution in [0.5, 0.6) is 0 Å². The van der Waals surface area contributed by atoms with Gasteiger partial charge in [0.05, 0.1) is 25.2 Å². The third-order valence-corrected chi connectivity index (χ3v) is 5.05. The van der Waals surface area contributed by atoms with Crippen molar-refractivity contribution >= 4 is 11.8 Å². The van der Waals surface area contributed by atoms with E-state index in [9.17, 15) is 14.7 Å². The molecule has 3 atom stereocenters. The van der Waals surface area contributed by atoms with Crippen LogP contribution < -0.4 is 10.6 Å². The fourth-order valence-corrected chi connectivity index (χ4v) is 3.46. The summed E-state index contributed by atoms with van der Waals surface area (Å²) in [6, 6.07) is 12.5. The van der Waals surface area contributed by atoms with Gasteiger partial charge >= 0.3 is 0 Å². The Hall–Kier alpha value is -2.77. The van der Waals surface area contributed by atoms with Gasteiger partial charge in [-0.05, 0) is 49.1 Å². The minimum atomic E-state index is -0.522. The van der Waals surface area contributed by atoms with E-state index >= 15 is 0 Å². The molecule has 0 bridgehead atoms. The molecule has 154 valence electrons. The smallest absolute Gasteiger partial charge is 0.251 e. The number of nitrogens with zero attached hydrogens (tertiary/aromatic N) is 1. The molecular weight excluding hydrogens is 370 g/mol. The maximum absolute atomic E-state index is 12.4. The van der Waals surface area contributed by atoms with E-state index < -0.39 is 6.10 Å². The minimum Gasteiger partial charge on any atom is -0.394 e. The molecule has 0 saturated carbocycles. The summed E-state index contributed by atoms with van der Waals surface area (Å²) in [6.07, 6.45) is 4.96. The lowest BCUT2D eigenvalue weighted by Gasteiger charge is -2.36. The number of carbonyl (C=O) groups excluding carboxylic acids is 2. The van der Waals surface area contributed by atoms with Crippen molar-refractivity contribution in [3.8, 4) is 0 Å². The normalized spacial score (nSPS) is 21.3. The molecule has 0 radical (unpaired) electrons. The van der Waals surface area contributed by atoms with Gasteiger partial charge in [0.2, 0.25) is 5.91 Å². The van der Waals surface area contributed by atoms with Gasteiger partial charge in [0.25, 0.3) is 5.91 Å². The Kier molecular flexibility index (Phi) is 7.72. The number of aliphatic hydroxyl groups is 1. The second kappa shape index (κ2) is 10.7. The second-order valence-corrected chi connectivity index (χ2v) is 7.16. The Labute approximate surface area is 170 Å². The number of pyridine rings is 1. The maximum atomic E-state index is 12.4. The van der Waals surface area contributed by atoms with Crippen molar-refractivity contribution in [3.63, 3.8) is 0 Å². The Morgan fingerprint density at radius 1 is 1.10 bits per heavy atom. The highest BCUT2D eigenvalue weighted by molar-refractivity contribution is 5.94. The number of benzene rings is 1. The van der Waals surface area contributed by atoms with E-state index in [1.165, 1.54) is 0 Å². The molecule has 1 saturated heterocycles. The first kappa shape index (κ1) is 21.0. The lowest BCUT2D eigenvalue weighted by Crippen LogP contribution is -2.51. The molecule has 29 heavy (non-hydrogen) atoms. The predicted molar refractivity (Wildman–Crippen MR) is 108 cm³/mol. The molecular formula is C22H27N3O4. The highest BCUT2D eigenvalue weighted by Crippen LogP contribution is 2.22. The highest BCUT2D eigenvalue weighted by atomic mass is 16.5. The number of nitrogens with one attached hydrogen (secondary N) is 2. The SMILES string of the molecule is O=C(C[C@H]1CC[C@@H](NC(=O)c2ccccc2)[C@H](CO)O1)NCCc1ccncc1. The molecule has 3 N–H and O–H groups in total. The fraction of sp³-hybridized carbons (Fsp3) is 0.409. The molecule has 7 nitrogen and oxygen atoms in total. The van der Waals surface area contributed by atoms with Crippen molar-refractivity contribution in [1.82, 2.24) is 15.6 Å². The molecule has 0 aliphatic carbocycles. The van der Waals surface area contributed by atoms with Crippen LogP contribution in [-0.4, -0.2) is 53.3 Å². The van der Waals surface area contributed by atoms with Crippen molar-refractivity contribution in [2.75, 3.05) is 13.2 Å². The van der Waals surface area contributed by atoms with Gasteiger partial charge in [-0.1, -0.05) is 18.2 Å². The quantitative estimate of drug-likeness (QED) is 0.626. The third-order valence-electron chi connectivity index (χ3n) is 5.05. The molecule has 2 heterocycles. The summed E-state index contributed by atoms with van der Waals surface area (Å²) in [5.74, 6) is -0.266. The van der Waals surface area contributed by atoms with Crippen LogP contribution in [0.25, 0.3) is 0 Å². The first-order chi connectivity index (χ1) is 14.2. The van der Waals surface area contributed by atoms with E-state index in [2.05, 4.69) is 15.6 Å². The standard InChI is InChI=1S/C22H27N3O4/c26-15-20-19(25-22(28)17-4-2-1-3-5-17)7-6-18(29-20)14-21(27)24-13-10-16-8-11-23-12-9-16/h1-5,8-9,11-12,18-20,26H,6-7,10,13-15H2,(H,24,27)(H,25,28)/t18-,19-,20+/m1/s1. The third kappa shape index (κ3) is 6.37. The first-order valence-electron chi connectivity index (χ1n) is 9.93. The van der Waals surface area contributed by atoms with Crippen LogP contribution in [0.2, 0.25) is 0 Å². The Morgan fingerprint density at radius 3 is 2.59 bits per heavy atom. The zero-order valence-corrected chi connectivity index (χ0v) is 16.3. The van der Waals surface area contributed by atoms with Gasteiger partial charge in [-0.3, -0.25) is 14.6 Å². The van der Waals surface area contributed by atoms with Crippen LogP contribution in [-0.2, 0) is 16.0 Å². The monoisotopic (exact) mass is 397 g/mol. The van der Waals surface area contributed by atoms with Crippen LogP contribution in [0.3, 0.4) is 0 Å². The average Bonchev–Trinajstić information content (AvgIpc) is 2.76. The molecule has 3 rings (SSSR count). The Bertz CT molecular complexity index is 785. The van der Waals surface area contributed by atoms with Crippen molar-refractivity contribution in [1.29, 1.82) is 0 Å². The largest absolute Gasteiger partial charge is 0.394 e. The van der Waals surface area contributed by atoms with Gasteiger partial charge in [-0.2, -0.15) is 0 Å². The van der Waals surface area contributed by atoms with Crippen LogP contribution in [0.15, 0.2) is 54.9 Å². The van der Waals surface area contributed by atoms with E-state index in [1.807, 2.05) is 18.2 Å². The van der Waals surface area contributed by atoms with E-state index in [0.717, 1.165) is 12.0 Å². The number of carbonyl (C=O) groups is 2. The van der Waals surface area contributed by atoms with Gasteiger partial charge in [0.15, 0.2) is 0 Å². The van der Waals surface area contributed by atoms with Gasteiger partial charge in [0, 0.05) is 24.5 Å². The summed E-state index contributed by atoms with van der Waals surface area (Å²) in [6.45, 7) is 0.342. The molecule has 2 aromatic rings. The number of ether oxygens (including phenoxy) is 1. The molecule has 0 unspecified atom stereocenters. The number of aliphatic hydroxyl groups excluding tert-OH is 1. The molecule has 1 aliphatic rings. The molecule has 1 fully saturated rings. The van der Waals surface area contributed by atoms with Crippen LogP contribution in [0, 0.1) is 0 Å². The summed E-state index contributed by atoms with van der Waals surface area (Å²) in [4.78, 5) is 28.5. The van der Waals surface area contributed by atoms with E-state index in [1.54, 1.807) is 36.7 Å². The second-order valence-electron chi connectivity index (χ2n) is 7.16. The number of aromatic nitrogens is 1. The maximum Gasteiger partial charge on any atom is 0.251 e. The number of rotatable bonds is 8. The zero-order valence-electron chi connectivity index (χ0n) is 16.3. The van der Waals surface area contributed by atoms with Crippen LogP contribution in [0.1, 0.15) is 35.2 Å². The van der Waals surface area contributed by atoms with E-state index in [0.29, 0.717) is 24.9 Å². The average molecular weight is 397 g/mol. The highest BCUT2D eigenvalue weighted by Gasteiger charge is 2.32. The number of hydrogen-bond acceptors (Lipinski definition) is 5. The van der Waals surface area contributed by atoms with Crippen molar-refractivity contribution < 1.29 is 19.4 Å². The Morgan fingerprint density at radius 2 is 1.86 bits per heavy atom. The molecule has 1 aliphatic heterocycles. The van der Waals surface area contributed by atoms with Gasteiger partial charge < -0.3 is 20.5 Å². The summed E-state index contributed by atoms with van der Waals surface area (Å²) >= 11 is 0. The van der Waals surface area contributed by atoms with Crippen molar-refractivity contribution in [3.05, 3.63) is 66.0 Å². The summed E-state index contributed by atoms with van der Waals surface area (Å²) in [5.41, 5.74) is 1.69. The topological polar surface area (TPSA) is 101 Å². The molecule has 1 aromatic heterocycles. The minimum absolute atomic E-state index is 0.0764. The Balaban J connectivity index is 1.42. The summed E-state index contributed by atoms with van der Waals surface area (Å²) in [5, 5.41) is 15.5. The fourth-order valence-electron chi connectivity index (χ4n) is 3.46. The first-order valence-corrected chi connectivity index (χ1v) is 9.93. The van der Waals surface area contributed by atoms with E-state index in [4.69, 9.17) is 4.74 Å². The van der Waals surface area contributed by atoms with E-state index in [-0.39, 0.29) is 37.0 Å². The predicted octanol–water partition coefficient (Wildman–Crippen LogP) is 1.47. The van der Waals surface area contributed by atoms with Crippen LogP contribution in [0.4, 0.5) is 0 Å². The van der Waals surface area contributed by atoms with Gasteiger partial charge in [0.1, 0.15) is 6.10 Å². The summed E-state index contributed by atoms with van der Waals surface area (Å²) in [7, 11) is 0. The van der Waals surface area contributed by atoms with Gasteiger partial charge in [-0.15, -0.1) is 0 Å². The number of amides is 2. The zero-order chi connectivity index (χ0) is 20.5. The molecule has 2 amide bonds. The summed E-state index contributed by atoms with van der Waals surface area (Å²) < 4.78 is 5.89. The lowest BCUT2D eigenvalue weighted by atomic mass is 9.96. The van der Waals surface area contributed by atoms with Crippen LogP contribution >= 0.6 is 0 Å².